The molecule has 2 rings (SSSR count). The number of amides is 1. The van der Waals surface area contributed by atoms with Gasteiger partial charge in [0.15, 0.2) is 0 Å². The number of hydrogen-bond acceptors (Lipinski definition) is 4. The Hall–Kier alpha value is -2.14. The van der Waals surface area contributed by atoms with Gasteiger partial charge in [-0.05, 0) is 50.1 Å². The molecule has 2 N–H and O–H groups in total. The zero-order valence-electron chi connectivity index (χ0n) is 12.1. The Morgan fingerprint density at radius 3 is 2.76 bits per heavy atom. The molecule has 0 aromatic heterocycles. The molecule has 1 aromatic carbocycles. The highest BCUT2D eigenvalue weighted by Crippen LogP contribution is 2.13. The van der Waals surface area contributed by atoms with Gasteiger partial charge in [0.25, 0.3) is 0 Å². The number of rotatable bonds is 5. The van der Waals surface area contributed by atoms with E-state index in [1.807, 2.05) is 24.3 Å². The average molecular weight is 288 g/mol. The van der Waals surface area contributed by atoms with Gasteiger partial charge in [0, 0.05) is 11.8 Å². The maximum absolute atomic E-state index is 11.9. The van der Waals surface area contributed by atoms with E-state index >= 15 is 0 Å². The number of carbonyl (C=O) groups excluding carboxylic acids is 2. The summed E-state index contributed by atoms with van der Waals surface area (Å²) >= 11 is 0. The first kappa shape index (κ1) is 15.3. The summed E-state index contributed by atoms with van der Waals surface area (Å²) in [6.45, 7) is 3.03. The fourth-order valence-corrected chi connectivity index (χ4v) is 2.17. The third kappa shape index (κ3) is 4.72. The van der Waals surface area contributed by atoms with E-state index in [0.717, 1.165) is 30.6 Å². The van der Waals surface area contributed by atoms with Gasteiger partial charge < -0.3 is 15.4 Å². The molecule has 1 unspecified atom stereocenters. The van der Waals surface area contributed by atoms with Crippen molar-refractivity contribution in [2.45, 2.75) is 25.8 Å². The van der Waals surface area contributed by atoms with Crippen LogP contribution in [0.5, 0.6) is 0 Å². The van der Waals surface area contributed by atoms with Crippen molar-refractivity contribution in [3.05, 3.63) is 35.9 Å². The lowest BCUT2D eigenvalue weighted by Gasteiger charge is -2.11. The summed E-state index contributed by atoms with van der Waals surface area (Å²) in [6, 6.07) is 7.23. The van der Waals surface area contributed by atoms with Crippen LogP contribution >= 0.6 is 0 Å². The normalized spacial score (nSPS) is 17.9. The third-order valence-electron chi connectivity index (χ3n) is 3.25. The molecule has 1 atom stereocenters. The van der Waals surface area contributed by atoms with Crippen LogP contribution in [0.2, 0.25) is 0 Å². The van der Waals surface area contributed by atoms with Crippen LogP contribution in [0.25, 0.3) is 6.08 Å². The fourth-order valence-electron chi connectivity index (χ4n) is 2.17. The largest absolute Gasteiger partial charge is 0.463 e. The highest BCUT2D eigenvalue weighted by Gasteiger charge is 2.21. The summed E-state index contributed by atoms with van der Waals surface area (Å²) in [6.07, 6.45) is 4.99. The summed E-state index contributed by atoms with van der Waals surface area (Å²) in [5, 5.41) is 6.04. The Balaban J connectivity index is 1.89. The summed E-state index contributed by atoms with van der Waals surface area (Å²) in [4.78, 5) is 23.1. The van der Waals surface area contributed by atoms with Crippen molar-refractivity contribution in [1.82, 2.24) is 5.32 Å². The Morgan fingerprint density at radius 2 is 2.14 bits per heavy atom. The van der Waals surface area contributed by atoms with Crippen LogP contribution in [0.15, 0.2) is 30.3 Å². The molecule has 1 heterocycles. The minimum absolute atomic E-state index is 0.00214. The molecule has 21 heavy (non-hydrogen) atoms. The van der Waals surface area contributed by atoms with Crippen LogP contribution < -0.4 is 10.6 Å². The van der Waals surface area contributed by atoms with E-state index in [9.17, 15) is 9.59 Å². The van der Waals surface area contributed by atoms with Gasteiger partial charge in [0.1, 0.15) is 0 Å². The number of benzene rings is 1. The lowest BCUT2D eigenvalue weighted by atomic mass is 10.1. The smallest absolute Gasteiger partial charge is 0.330 e. The van der Waals surface area contributed by atoms with Gasteiger partial charge in [-0.3, -0.25) is 4.79 Å². The summed E-state index contributed by atoms with van der Waals surface area (Å²) < 4.78 is 4.81. The van der Waals surface area contributed by atoms with Crippen LogP contribution in [-0.2, 0) is 14.3 Å². The first-order valence-corrected chi connectivity index (χ1v) is 7.18. The van der Waals surface area contributed by atoms with E-state index in [0.29, 0.717) is 6.61 Å². The Kier molecular flexibility index (Phi) is 5.51. The Morgan fingerprint density at radius 1 is 1.38 bits per heavy atom. The van der Waals surface area contributed by atoms with E-state index in [2.05, 4.69) is 10.6 Å². The maximum Gasteiger partial charge on any atom is 0.330 e. The molecule has 1 aliphatic rings. The molecule has 5 nitrogen and oxygen atoms in total. The molecule has 1 aliphatic heterocycles. The number of carbonyl (C=O) groups is 2. The third-order valence-corrected chi connectivity index (χ3v) is 3.25. The average Bonchev–Trinajstić information content (AvgIpc) is 3.01. The first-order valence-electron chi connectivity index (χ1n) is 7.18. The van der Waals surface area contributed by atoms with E-state index in [-0.39, 0.29) is 17.9 Å². The van der Waals surface area contributed by atoms with Gasteiger partial charge in [0.05, 0.1) is 12.6 Å². The quantitative estimate of drug-likeness (QED) is 0.642. The van der Waals surface area contributed by atoms with Crippen LogP contribution in [0.1, 0.15) is 25.3 Å². The highest BCUT2D eigenvalue weighted by molar-refractivity contribution is 5.95. The molecule has 1 saturated heterocycles. The monoisotopic (exact) mass is 288 g/mol. The molecule has 5 heteroatoms. The van der Waals surface area contributed by atoms with Crippen LogP contribution in [0, 0.1) is 0 Å². The van der Waals surface area contributed by atoms with Crippen LogP contribution in [0.4, 0.5) is 5.69 Å². The number of nitrogens with one attached hydrogen (secondary N) is 2. The highest BCUT2D eigenvalue weighted by atomic mass is 16.5. The minimum Gasteiger partial charge on any atom is -0.463 e. The van der Waals surface area contributed by atoms with Gasteiger partial charge in [-0.2, -0.15) is 0 Å². The standard InChI is InChI=1S/C16H20N2O3/c1-2-21-15(19)10-7-12-5-8-13(9-6-12)18-16(20)14-4-3-11-17-14/h5-10,14,17H,2-4,11H2,1H3,(H,18,20). The number of anilines is 1. The Labute approximate surface area is 124 Å². The molecule has 1 fully saturated rings. The molecule has 0 saturated carbocycles. The van der Waals surface area contributed by atoms with Crippen molar-refractivity contribution in [1.29, 1.82) is 0 Å². The van der Waals surface area contributed by atoms with Crippen molar-refractivity contribution >= 4 is 23.6 Å². The Bertz CT molecular complexity index is 517. The molecular weight excluding hydrogens is 268 g/mol. The topological polar surface area (TPSA) is 67.4 Å². The molecule has 0 spiro atoms. The number of ether oxygens (including phenoxy) is 1. The lowest BCUT2D eigenvalue weighted by molar-refractivity contribution is -0.137. The molecule has 0 radical (unpaired) electrons. The second-order valence-corrected chi connectivity index (χ2v) is 4.85. The summed E-state index contributed by atoms with van der Waals surface area (Å²) in [5.74, 6) is -0.357. The van der Waals surface area contributed by atoms with Crippen molar-refractivity contribution in [3.8, 4) is 0 Å². The summed E-state index contributed by atoms with van der Waals surface area (Å²) in [7, 11) is 0. The van der Waals surface area contributed by atoms with E-state index in [4.69, 9.17) is 4.74 Å². The van der Waals surface area contributed by atoms with Gasteiger partial charge in [-0.15, -0.1) is 0 Å². The van der Waals surface area contributed by atoms with Gasteiger partial charge in [-0.1, -0.05) is 12.1 Å². The molecule has 1 amide bonds. The molecular formula is C16H20N2O3. The van der Waals surface area contributed by atoms with Crippen molar-refractivity contribution in [2.75, 3.05) is 18.5 Å². The van der Waals surface area contributed by atoms with E-state index in [1.165, 1.54) is 6.08 Å². The summed E-state index contributed by atoms with van der Waals surface area (Å²) in [5.41, 5.74) is 1.63. The van der Waals surface area contributed by atoms with Crippen molar-refractivity contribution in [3.63, 3.8) is 0 Å². The lowest BCUT2D eigenvalue weighted by Crippen LogP contribution is -2.35. The van der Waals surface area contributed by atoms with Crippen LogP contribution in [0.3, 0.4) is 0 Å². The molecule has 0 aliphatic carbocycles. The first-order chi connectivity index (χ1) is 10.2. The molecule has 0 bridgehead atoms. The van der Waals surface area contributed by atoms with E-state index < -0.39 is 0 Å². The van der Waals surface area contributed by atoms with Crippen molar-refractivity contribution < 1.29 is 14.3 Å². The van der Waals surface area contributed by atoms with Crippen LogP contribution in [-0.4, -0.2) is 31.1 Å². The van der Waals surface area contributed by atoms with Gasteiger partial charge in [-0.25, -0.2) is 4.79 Å². The van der Waals surface area contributed by atoms with Gasteiger partial charge >= 0.3 is 5.97 Å². The number of esters is 1. The zero-order chi connectivity index (χ0) is 15.1. The number of hydrogen-bond donors (Lipinski definition) is 2. The molecule has 112 valence electrons. The predicted molar refractivity (Wildman–Crippen MR) is 81.8 cm³/mol. The zero-order valence-corrected chi connectivity index (χ0v) is 12.1. The van der Waals surface area contributed by atoms with Crippen molar-refractivity contribution in [2.24, 2.45) is 0 Å². The van der Waals surface area contributed by atoms with E-state index in [1.54, 1.807) is 13.0 Å². The second-order valence-electron chi connectivity index (χ2n) is 4.85. The molecule has 1 aromatic rings. The minimum atomic E-state index is -0.359. The fraction of sp³-hybridized carbons (Fsp3) is 0.375. The SMILES string of the molecule is CCOC(=O)C=Cc1ccc(NC(=O)C2CCCN2)cc1. The predicted octanol–water partition coefficient (Wildman–Crippen LogP) is 1.95. The maximum atomic E-state index is 11.9. The second kappa shape index (κ2) is 7.59. The van der Waals surface area contributed by atoms with Gasteiger partial charge in [0.2, 0.25) is 5.91 Å².